The number of hydrogen-bond donors (Lipinski definition) is 2. The zero-order valence-corrected chi connectivity index (χ0v) is 10.9. The molecule has 96 valence electrons. The molecule has 6 heteroatoms. The van der Waals surface area contributed by atoms with E-state index in [4.69, 9.17) is 16.0 Å². The average molecular weight is 267 g/mol. The van der Waals surface area contributed by atoms with Gasteiger partial charge in [0.05, 0.1) is 6.54 Å². The van der Waals surface area contributed by atoms with Crippen LogP contribution in [0.4, 0.5) is 6.01 Å². The van der Waals surface area contributed by atoms with Gasteiger partial charge in [0.2, 0.25) is 5.89 Å². The molecule has 2 aromatic rings. The van der Waals surface area contributed by atoms with Crippen molar-refractivity contribution in [1.82, 2.24) is 15.5 Å². The fraction of sp³-hybridized carbons (Fsp3) is 0.333. The molecule has 18 heavy (non-hydrogen) atoms. The van der Waals surface area contributed by atoms with Crippen LogP contribution < -0.4 is 10.6 Å². The van der Waals surface area contributed by atoms with Gasteiger partial charge in [0.15, 0.2) is 0 Å². The van der Waals surface area contributed by atoms with Crippen molar-refractivity contribution in [2.45, 2.75) is 20.0 Å². The Balaban J connectivity index is 1.88. The molecule has 0 atom stereocenters. The second-order valence-corrected chi connectivity index (χ2v) is 4.20. The van der Waals surface area contributed by atoms with Crippen molar-refractivity contribution in [2.75, 3.05) is 11.9 Å². The Labute approximate surface area is 111 Å². The third-order valence-electron chi connectivity index (χ3n) is 2.33. The van der Waals surface area contributed by atoms with Gasteiger partial charge in [-0.25, -0.2) is 0 Å². The first-order valence-corrected chi connectivity index (χ1v) is 6.17. The van der Waals surface area contributed by atoms with Crippen LogP contribution in [0.2, 0.25) is 5.02 Å². The van der Waals surface area contributed by atoms with Gasteiger partial charge >= 0.3 is 6.01 Å². The lowest BCUT2D eigenvalue weighted by molar-refractivity contribution is 0.481. The van der Waals surface area contributed by atoms with E-state index in [0.29, 0.717) is 30.0 Å². The monoisotopic (exact) mass is 266 g/mol. The maximum Gasteiger partial charge on any atom is 0.315 e. The molecular formula is C12H15ClN4O. The number of anilines is 1. The normalized spacial score (nSPS) is 10.6. The van der Waals surface area contributed by atoms with Crippen molar-refractivity contribution in [2.24, 2.45) is 0 Å². The summed E-state index contributed by atoms with van der Waals surface area (Å²) < 4.78 is 5.41. The largest absolute Gasteiger partial charge is 0.407 e. The van der Waals surface area contributed by atoms with E-state index in [2.05, 4.69) is 20.8 Å². The number of nitrogens with one attached hydrogen (secondary N) is 2. The van der Waals surface area contributed by atoms with E-state index in [1.54, 1.807) is 0 Å². The predicted octanol–water partition coefficient (Wildman–Crippen LogP) is 2.44. The summed E-state index contributed by atoms with van der Waals surface area (Å²) >= 11 is 5.90. The summed E-state index contributed by atoms with van der Waals surface area (Å²) in [4.78, 5) is 0. The number of hydrogen-bond acceptors (Lipinski definition) is 5. The predicted molar refractivity (Wildman–Crippen MR) is 70.5 cm³/mol. The van der Waals surface area contributed by atoms with Crippen LogP contribution >= 0.6 is 11.6 Å². The van der Waals surface area contributed by atoms with Gasteiger partial charge < -0.3 is 15.1 Å². The van der Waals surface area contributed by atoms with Crippen molar-refractivity contribution < 1.29 is 4.42 Å². The minimum Gasteiger partial charge on any atom is -0.407 e. The van der Waals surface area contributed by atoms with E-state index in [1.165, 1.54) is 0 Å². The Morgan fingerprint density at radius 3 is 2.94 bits per heavy atom. The molecule has 0 unspecified atom stereocenters. The minimum atomic E-state index is 0.419. The highest BCUT2D eigenvalue weighted by atomic mass is 35.5. The molecule has 2 rings (SSSR count). The summed E-state index contributed by atoms with van der Waals surface area (Å²) in [5.74, 6) is 0.574. The Hall–Kier alpha value is -1.59. The molecule has 0 fully saturated rings. The van der Waals surface area contributed by atoms with E-state index < -0.39 is 0 Å². The van der Waals surface area contributed by atoms with Crippen LogP contribution in [0.5, 0.6) is 0 Å². The topological polar surface area (TPSA) is 63.0 Å². The first-order valence-electron chi connectivity index (χ1n) is 5.79. The summed E-state index contributed by atoms with van der Waals surface area (Å²) in [7, 11) is 0. The first kappa shape index (κ1) is 12.9. The Bertz CT molecular complexity index is 500. The molecule has 0 saturated carbocycles. The van der Waals surface area contributed by atoms with Crippen LogP contribution in [0.3, 0.4) is 0 Å². The van der Waals surface area contributed by atoms with Crippen molar-refractivity contribution in [3.05, 3.63) is 40.7 Å². The number of halogens is 1. The lowest BCUT2D eigenvalue weighted by Crippen LogP contribution is -2.11. The third kappa shape index (κ3) is 3.72. The fourth-order valence-electron chi connectivity index (χ4n) is 1.45. The molecule has 1 aromatic carbocycles. The standard InChI is InChI=1S/C12H15ClN4O/c1-2-14-8-11-16-17-12(18-11)15-7-9-4-3-5-10(13)6-9/h3-6,14H,2,7-8H2,1H3,(H,15,17). The lowest BCUT2D eigenvalue weighted by Gasteiger charge is -2.01. The van der Waals surface area contributed by atoms with Crippen LogP contribution in [0, 0.1) is 0 Å². The zero-order chi connectivity index (χ0) is 12.8. The highest BCUT2D eigenvalue weighted by molar-refractivity contribution is 6.30. The van der Waals surface area contributed by atoms with Gasteiger partial charge in [-0.3, -0.25) is 0 Å². The third-order valence-corrected chi connectivity index (χ3v) is 2.56. The minimum absolute atomic E-state index is 0.419. The molecule has 1 heterocycles. The second-order valence-electron chi connectivity index (χ2n) is 3.76. The van der Waals surface area contributed by atoms with Crippen LogP contribution in [0.1, 0.15) is 18.4 Å². The summed E-state index contributed by atoms with van der Waals surface area (Å²) in [5, 5.41) is 14.7. The summed E-state index contributed by atoms with van der Waals surface area (Å²) in [6, 6.07) is 8.04. The van der Waals surface area contributed by atoms with Crippen molar-refractivity contribution >= 4 is 17.6 Å². The van der Waals surface area contributed by atoms with E-state index in [1.807, 2.05) is 31.2 Å². The van der Waals surface area contributed by atoms with E-state index in [9.17, 15) is 0 Å². The lowest BCUT2D eigenvalue weighted by atomic mass is 10.2. The average Bonchev–Trinajstić information content (AvgIpc) is 2.82. The number of rotatable bonds is 6. The molecule has 0 aliphatic carbocycles. The van der Waals surface area contributed by atoms with Gasteiger partial charge in [0.1, 0.15) is 0 Å². The highest BCUT2D eigenvalue weighted by Crippen LogP contribution is 2.12. The summed E-state index contributed by atoms with van der Waals surface area (Å²) in [6.45, 7) is 4.08. The van der Waals surface area contributed by atoms with E-state index in [-0.39, 0.29) is 0 Å². The van der Waals surface area contributed by atoms with Gasteiger partial charge in [0, 0.05) is 11.6 Å². The summed E-state index contributed by atoms with van der Waals surface area (Å²) in [6.07, 6.45) is 0. The Kier molecular flexibility index (Phi) is 4.55. The molecule has 0 bridgehead atoms. The maximum atomic E-state index is 5.90. The van der Waals surface area contributed by atoms with Crippen molar-refractivity contribution in [3.8, 4) is 0 Å². The quantitative estimate of drug-likeness (QED) is 0.841. The first-order chi connectivity index (χ1) is 8.78. The highest BCUT2D eigenvalue weighted by Gasteiger charge is 2.04. The molecule has 5 nitrogen and oxygen atoms in total. The molecular weight excluding hydrogens is 252 g/mol. The molecule has 1 aromatic heterocycles. The summed E-state index contributed by atoms with van der Waals surface area (Å²) in [5.41, 5.74) is 1.06. The van der Waals surface area contributed by atoms with Gasteiger partial charge in [-0.05, 0) is 24.2 Å². The smallest absolute Gasteiger partial charge is 0.315 e. The zero-order valence-electron chi connectivity index (χ0n) is 10.1. The molecule has 0 saturated heterocycles. The van der Waals surface area contributed by atoms with Crippen molar-refractivity contribution in [3.63, 3.8) is 0 Å². The van der Waals surface area contributed by atoms with Gasteiger partial charge in [-0.1, -0.05) is 35.8 Å². The Morgan fingerprint density at radius 1 is 1.28 bits per heavy atom. The van der Waals surface area contributed by atoms with Gasteiger partial charge in [-0.15, -0.1) is 5.10 Å². The van der Waals surface area contributed by atoms with E-state index in [0.717, 1.165) is 12.1 Å². The SMILES string of the molecule is CCNCc1nnc(NCc2cccc(Cl)c2)o1. The fourth-order valence-corrected chi connectivity index (χ4v) is 1.67. The molecule has 0 amide bonds. The molecule has 0 aliphatic rings. The van der Waals surface area contributed by atoms with Crippen LogP contribution in [-0.4, -0.2) is 16.7 Å². The molecule has 0 radical (unpaired) electrons. The van der Waals surface area contributed by atoms with Gasteiger partial charge in [-0.2, -0.15) is 0 Å². The van der Waals surface area contributed by atoms with Crippen LogP contribution in [-0.2, 0) is 13.1 Å². The van der Waals surface area contributed by atoms with Gasteiger partial charge in [0.25, 0.3) is 0 Å². The van der Waals surface area contributed by atoms with E-state index >= 15 is 0 Å². The molecule has 0 aliphatic heterocycles. The maximum absolute atomic E-state index is 5.90. The second kappa shape index (κ2) is 6.37. The number of nitrogens with zero attached hydrogens (tertiary/aromatic N) is 2. The van der Waals surface area contributed by atoms with Crippen LogP contribution in [0.25, 0.3) is 0 Å². The molecule has 2 N–H and O–H groups in total. The number of aromatic nitrogens is 2. The van der Waals surface area contributed by atoms with Crippen molar-refractivity contribution in [1.29, 1.82) is 0 Å². The number of benzene rings is 1. The molecule has 0 spiro atoms. The van der Waals surface area contributed by atoms with Crippen LogP contribution in [0.15, 0.2) is 28.7 Å². The Morgan fingerprint density at radius 2 is 2.17 bits per heavy atom.